The van der Waals surface area contributed by atoms with Gasteiger partial charge in [-0.1, -0.05) is 36.4 Å². The number of benzene rings is 3. The predicted molar refractivity (Wildman–Crippen MR) is 130 cm³/mol. The van der Waals surface area contributed by atoms with Crippen LogP contribution in [0.25, 0.3) is 11.0 Å². The SMILES string of the molecule is CCC(C(=O)Nc1ccc(OC)cc1)N(Cc1ccc(F)cc1)C(=O)Cn1nnc2ccccc21. The number of halogens is 1. The molecular weight excluding hydrogens is 449 g/mol. The third-order valence-electron chi connectivity index (χ3n) is 5.71. The van der Waals surface area contributed by atoms with Gasteiger partial charge < -0.3 is 15.0 Å². The van der Waals surface area contributed by atoms with Gasteiger partial charge in [-0.2, -0.15) is 0 Å². The molecule has 0 radical (unpaired) electrons. The molecule has 35 heavy (non-hydrogen) atoms. The van der Waals surface area contributed by atoms with Crippen LogP contribution in [-0.2, 0) is 22.7 Å². The number of nitrogens with zero attached hydrogens (tertiary/aromatic N) is 4. The molecule has 3 aromatic carbocycles. The molecule has 0 spiro atoms. The Balaban J connectivity index is 1.59. The van der Waals surface area contributed by atoms with E-state index in [0.717, 1.165) is 5.52 Å². The van der Waals surface area contributed by atoms with E-state index >= 15 is 0 Å². The predicted octanol–water partition coefficient (Wildman–Crippen LogP) is 4.03. The molecule has 0 saturated carbocycles. The van der Waals surface area contributed by atoms with E-state index in [4.69, 9.17) is 4.74 Å². The average molecular weight is 476 g/mol. The monoisotopic (exact) mass is 475 g/mol. The lowest BCUT2D eigenvalue weighted by atomic mass is 10.1. The summed E-state index contributed by atoms with van der Waals surface area (Å²) in [6, 6.07) is 19.4. The highest BCUT2D eigenvalue weighted by molar-refractivity contribution is 5.97. The van der Waals surface area contributed by atoms with Crippen LogP contribution < -0.4 is 10.1 Å². The minimum absolute atomic E-state index is 0.0893. The molecule has 0 aliphatic heterocycles. The van der Waals surface area contributed by atoms with Crippen molar-refractivity contribution in [2.75, 3.05) is 12.4 Å². The van der Waals surface area contributed by atoms with Gasteiger partial charge in [-0.15, -0.1) is 5.10 Å². The summed E-state index contributed by atoms with van der Waals surface area (Å²) in [5.74, 6) is -0.327. The largest absolute Gasteiger partial charge is 0.497 e. The van der Waals surface area contributed by atoms with Crippen LogP contribution in [0, 0.1) is 5.82 Å². The van der Waals surface area contributed by atoms with Crippen LogP contribution in [0.4, 0.5) is 10.1 Å². The Hall–Kier alpha value is -4.27. The number of hydrogen-bond donors (Lipinski definition) is 1. The zero-order valence-electron chi connectivity index (χ0n) is 19.5. The van der Waals surface area contributed by atoms with Crippen molar-refractivity contribution < 1.29 is 18.7 Å². The minimum atomic E-state index is -0.760. The molecule has 1 aromatic heterocycles. The van der Waals surface area contributed by atoms with Gasteiger partial charge in [0.05, 0.1) is 12.6 Å². The lowest BCUT2D eigenvalue weighted by Gasteiger charge is -2.30. The van der Waals surface area contributed by atoms with E-state index in [-0.39, 0.29) is 30.7 Å². The summed E-state index contributed by atoms with van der Waals surface area (Å²) in [5.41, 5.74) is 2.69. The Morgan fingerprint density at radius 3 is 2.46 bits per heavy atom. The van der Waals surface area contributed by atoms with Crippen molar-refractivity contribution in [3.8, 4) is 5.75 Å². The molecule has 1 atom stereocenters. The summed E-state index contributed by atoms with van der Waals surface area (Å²) in [6.45, 7) is 1.89. The highest BCUT2D eigenvalue weighted by atomic mass is 19.1. The van der Waals surface area contributed by atoms with Crippen LogP contribution in [0.3, 0.4) is 0 Å². The highest BCUT2D eigenvalue weighted by Crippen LogP contribution is 2.19. The molecule has 1 N–H and O–H groups in total. The van der Waals surface area contributed by atoms with Crippen molar-refractivity contribution in [3.05, 3.63) is 84.2 Å². The molecule has 4 rings (SSSR count). The van der Waals surface area contributed by atoms with Gasteiger partial charge in [0.1, 0.15) is 29.7 Å². The van der Waals surface area contributed by atoms with Crippen LogP contribution in [0.1, 0.15) is 18.9 Å². The van der Waals surface area contributed by atoms with E-state index < -0.39 is 6.04 Å². The Kier molecular flexibility index (Phi) is 7.35. The summed E-state index contributed by atoms with van der Waals surface area (Å²) in [5, 5.41) is 11.1. The second-order valence-electron chi connectivity index (χ2n) is 8.03. The maximum Gasteiger partial charge on any atom is 0.247 e. The first-order valence-corrected chi connectivity index (χ1v) is 11.3. The smallest absolute Gasteiger partial charge is 0.247 e. The Bertz CT molecular complexity index is 1300. The topological polar surface area (TPSA) is 89.4 Å². The zero-order valence-corrected chi connectivity index (χ0v) is 19.5. The molecule has 9 heteroatoms. The molecule has 1 unspecified atom stereocenters. The van der Waals surface area contributed by atoms with Crippen molar-refractivity contribution in [1.82, 2.24) is 19.9 Å². The summed E-state index contributed by atoms with van der Waals surface area (Å²) in [6.07, 6.45) is 0.382. The van der Waals surface area contributed by atoms with Crippen LogP contribution in [0.5, 0.6) is 5.75 Å². The van der Waals surface area contributed by atoms with E-state index in [1.54, 1.807) is 43.5 Å². The first kappa shape index (κ1) is 23.9. The van der Waals surface area contributed by atoms with Gasteiger partial charge in [0.15, 0.2) is 0 Å². The maximum absolute atomic E-state index is 13.5. The average Bonchev–Trinajstić information content (AvgIpc) is 3.28. The minimum Gasteiger partial charge on any atom is -0.497 e. The van der Waals surface area contributed by atoms with Gasteiger partial charge in [-0.25, -0.2) is 9.07 Å². The third kappa shape index (κ3) is 5.63. The first-order chi connectivity index (χ1) is 17.0. The number of hydrogen-bond acceptors (Lipinski definition) is 5. The van der Waals surface area contributed by atoms with E-state index in [1.807, 2.05) is 31.2 Å². The molecule has 0 aliphatic rings. The molecule has 0 saturated heterocycles. The van der Waals surface area contributed by atoms with Crippen molar-refractivity contribution in [2.45, 2.75) is 32.5 Å². The molecule has 8 nitrogen and oxygen atoms in total. The van der Waals surface area contributed by atoms with Crippen LogP contribution in [0.2, 0.25) is 0 Å². The van der Waals surface area contributed by atoms with E-state index in [9.17, 15) is 14.0 Å². The maximum atomic E-state index is 13.5. The second-order valence-corrected chi connectivity index (χ2v) is 8.03. The van der Waals surface area contributed by atoms with Crippen LogP contribution >= 0.6 is 0 Å². The molecule has 2 amide bonds. The number of anilines is 1. The number of methoxy groups -OCH3 is 1. The normalized spacial score (nSPS) is 11.7. The summed E-state index contributed by atoms with van der Waals surface area (Å²) in [4.78, 5) is 28.3. The summed E-state index contributed by atoms with van der Waals surface area (Å²) >= 11 is 0. The standard InChI is InChI=1S/C26H26FN5O3/c1-3-23(26(34)28-20-12-14-21(35-2)15-13-20)31(16-18-8-10-19(27)11-9-18)25(33)17-32-24-7-5-4-6-22(24)29-30-32/h4-15,23H,3,16-17H2,1-2H3,(H,28,34). The molecule has 180 valence electrons. The number of carbonyl (C=O) groups is 2. The van der Waals surface area contributed by atoms with Gasteiger partial charge in [0.25, 0.3) is 0 Å². The molecule has 0 bridgehead atoms. The number of amides is 2. The molecule has 1 heterocycles. The van der Waals surface area contributed by atoms with E-state index in [0.29, 0.717) is 28.9 Å². The number of rotatable bonds is 9. The Morgan fingerprint density at radius 1 is 1.06 bits per heavy atom. The van der Waals surface area contributed by atoms with Gasteiger partial charge in [0, 0.05) is 12.2 Å². The fourth-order valence-electron chi connectivity index (χ4n) is 3.86. The second kappa shape index (κ2) is 10.8. The van der Waals surface area contributed by atoms with Crippen LogP contribution in [-0.4, -0.2) is 44.9 Å². The number of aromatic nitrogens is 3. The Labute approximate surface area is 202 Å². The Morgan fingerprint density at radius 2 is 1.77 bits per heavy atom. The number of ether oxygens (including phenoxy) is 1. The van der Waals surface area contributed by atoms with E-state index in [2.05, 4.69) is 15.6 Å². The summed E-state index contributed by atoms with van der Waals surface area (Å²) < 4.78 is 20.1. The molecule has 0 aliphatic carbocycles. The number of para-hydroxylation sites is 1. The fraction of sp³-hybridized carbons (Fsp3) is 0.231. The zero-order chi connectivity index (χ0) is 24.8. The molecular formula is C26H26FN5O3. The van der Waals surface area contributed by atoms with Gasteiger partial charge in [-0.05, 0) is 60.5 Å². The van der Waals surface area contributed by atoms with Crippen molar-refractivity contribution in [2.24, 2.45) is 0 Å². The lowest BCUT2D eigenvalue weighted by molar-refractivity contribution is -0.140. The number of fused-ring (bicyclic) bond motifs is 1. The molecule has 4 aromatic rings. The lowest BCUT2D eigenvalue weighted by Crippen LogP contribution is -2.47. The van der Waals surface area contributed by atoms with Gasteiger partial charge >= 0.3 is 0 Å². The fourth-order valence-corrected chi connectivity index (χ4v) is 3.86. The van der Waals surface area contributed by atoms with Gasteiger partial charge in [0.2, 0.25) is 11.8 Å². The number of carbonyl (C=O) groups excluding carboxylic acids is 2. The highest BCUT2D eigenvalue weighted by Gasteiger charge is 2.29. The van der Waals surface area contributed by atoms with Crippen LogP contribution in [0.15, 0.2) is 72.8 Å². The number of nitrogens with one attached hydrogen (secondary N) is 1. The van der Waals surface area contributed by atoms with Crippen molar-refractivity contribution in [1.29, 1.82) is 0 Å². The quantitative estimate of drug-likeness (QED) is 0.395. The van der Waals surface area contributed by atoms with Gasteiger partial charge in [-0.3, -0.25) is 9.59 Å². The van der Waals surface area contributed by atoms with Crippen molar-refractivity contribution in [3.63, 3.8) is 0 Å². The first-order valence-electron chi connectivity index (χ1n) is 11.3. The summed E-state index contributed by atoms with van der Waals surface area (Å²) in [7, 11) is 1.57. The van der Waals surface area contributed by atoms with Crippen molar-refractivity contribution >= 4 is 28.5 Å². The molecule has 0 fully saturated rings. The third-order valence-corrected chi connectivity index (χ3v) is 5.71. The van der Waals surface area contributed by atoms with E-state index in [1.165, 1.54) is 21.7 Å².